The molecule has 0 spiro atoms. The van der Waals surface area contributed by atoms with Crippen LogP contribution in [0.2, 0.25) is 0 Å². The molecular weight excluding hydrogens is 270 g/mol. The number of aromatic nitrogens is 2. The molecule has 1 aliphatic carbocycles. The number of aliphatic imine (C=N–C) groups is 1. The second-order valence-corrected chi connectivity index (χ2v) is 5.62. The number of benzene rings is 1. The zero-order chi connectivity index (χ0) is 14.8. The van der Waals surface area contributed by atoms with E-state index in [1.807, 2.05) is 30.5 Å². The Balaban J connectivity index is 1.89. The number of nitrogens with zero attached hydrogens (tertiary/aromatic N) is 3. The molecule has 0 unspecified atom stereocenters. The van der Waals surface area contributed by atoms with Crippen LogP contribution in [0.25, 0.3) is 10.9 Å². The fourth-order valence-electron chi connectivity index (χ4n) is 3.08. The first-order chi connectivity index (χ1) is 10.9. The molecule has 0 bridgehead atoms. The average molecular weight is 287 g/mol. The van der Waals surface area contributed by atoms with Gasteiger partial charge in [-0.3, -0.25) is 15.0 Å². The van der Waals surface area contributed by atoms with Crippen LogP contribution in [0, 0.1) is 0 Å². The van der Waals surface area contributed by atoms with Crippen molar-refractivity contribution in [2.24, 2.45) is 4.99 Å². The van der Waals surface area contributed by atoms with Crippen LogP contribution in [0.4, 0.5) is 5.69 Å². The van der Waals surface area contributed by atoms with E-state index >= 15 is 0 Å². The van der Waals surface area contributed by atoms with Gasteiger partial charge in [0.25, 0.3) is 0 Å². The average Bonchev–Trinajstić information content (AvgIpc) is 2.59. The quantitative estimate of drug-likeness (QED) is 0.660. The Morgan fingerprint density at radius 2 is 1.82 bits per heavy atom. The largest absolute Gasteiger partial charge is 0.255 e. The van der Waals surface area contributed by atoms with E-state index in [9.17, 15) is 0 Å². The van der Waals surface area contributed by atoms with Gasteiger partial charge in [0.2, 0.25) is 0 Å². The summed E-state index contributed by atoms with van der Waals surface area (Å²) >= 11 is 0. The van der Waals surface area contributed by atoms with Crippen molar-refractivity contribution in [1.82, 2.24) is 9.97 Å². The molecule has 0 amide bonds. The maximum absolute atomic E-state index is 4.84. The van der Waals surface area contributed by atoms with Crippen molar-refractivity contribution in [3.63, 3.8) is 0 Å². The lowest BCUT2D eigenvalue weighted by Crippen LogP contribution is -2.06. The van der Waals surface area contributed by atoms with E-state index in [1.54, 1.807) is 6.20 Å². The highest BCUT2D eigenvalue weighted by Crippen LogP contribution is 2.35. The molecule has 0 radical (unpaired) electrons. The molecule has 0 saturated carbocycles. The molecule has 22 heavy (non-hydrogen) atoms. The summed E-state index contributed by atoms with van der Waals surface area (Å²) in [6.45, 7) is 0. The molecular formula is C19H17N3. The normalized spacial score (nSPS) is 14.4. The number of hydrogen-bond acceptors (Lipinski definition) is 3. The Labute approximate surface area is 129 Å². The fraction of sp³-hybridized carbons (Fsp3) is 0.211. The number of fused-ring (bicyclic) bond motifs is 2. The van der Waals surface area contributed by atoms with E-state index in [0.29, 0.717) is 0 Å². The Kier molecular flexibility index (Phi) is 3.39. The van der Waals surface area contributed by atoms with Crippen LogP contribution in [0.5, 0.6) is 0 Å². The van der Waals surface area contributed by atoms with Gasteiger partial charge in [0.15, 0.2) is 0 Å². The summed E-state index contributed by atoms with van der Waals surface area (Å²) in [4.78, 5) is 14.0. The molecule has 1 aromatic carbocycles. The summed E-state index contributed by atoms with van der Waals surface area (Å²) < 4.78 is 0. The molecule has 1 aliphatic rings. The summed E-state index contributed by atoms with van der Waals surface area (Å²) in [7, 11) is 0. The van der Waals surface area contributed by atoms with Crippen molar-refractivity contribution in [1.29, 1.82) is 0 Å². The predicted octanol–water partition coefficient (Wildman–Crippen LogP) is 4.26. The third-order valence-corrected chi connectivity index (χ3v) is 4.15. The molecule has 0 atom stereocenters. The number of hydrogen-bond donors (Lipinski definition) is 0. The molecule has 3 heteroatoms. The van der Waals surface area contributed by atoms with Gasteiger partial charge in [0, 0.05) is 17.3 Å². The van der Waals surface area contributed by atoms with Crippen molar-refractivity contribution in [3.8, 4) is 0 Å². The summed E-state index contributed by atoms with van der Waals surface area (Å²) in [6.07, 6.45) is 8.23. The Hall–Kier alpha value is -2.55. The predicted molar refractivity (Wildman–Crippen MR) is 89.9 cm³/mol. The van der Waals surface area contributed by atoms with Gasteiger partial charge in [-0.05, 0) is 49.4 Å². The number of pyridine rings is 2. The van der Waals surface area contributed by atoms with Crippen molar-refractivity contribution in [2.45, 2.75) is 25.7 Å². The van der Waals surface area contributed by atoms with Crippen molar-refractivity contribution < 1.29 is 0 Å². The molecule has 0 fully saturated rings. The van der Waals surface area contributed by atoms with Crippen molar-refractivity contribution in [3.05, 3.63) is 65.6 Å². The van der Waals surface area contributed by atoms with Crippen LogP contribution in [-0.2, 0) is 12.8 Å². The lowest BCUT2D eigenvalue weighted by Gasteiger charge is -2.18. The first kappa shape index (κ1) is 13.1. The molecule has 3 aromatic rings. The fourth-order valence-corrected chi connectivity index (χ4v) is 3.08. The zero-order valence-electron chi connectivity index (χ0n) is 12.4. The highest BCUT2D eigenvalue weighted by atomic mass is 14.8. The van der Waals surface area contributed by atoms with Gasteiger partial charge in [-0.1, -0.05) is 24.3 Å². The van der Waals surface area contributed by atoms with E-state index in [-0.39, 0.29) is 0 Å². The van der Waals surface area contributed by atoms with Gasteiger partial charge >= 0.3 is 0 Å². The molecule has 2 aromatic heterocycles. The summed E-state index contributed by atoms with van der Waals surface area (Å²) in [6, 6.07) is 14.1. The molecule has 0 N–H and O–H groups in total. The van der Waals surface area contributed by atoms with E-state index < -0.39 is 0 Å². The third kappa shape index (κ3) is 2.39. The maximum atomic E-state index is 4.84. The van der Waals surface area contributed by atoms with E-state index in [0.717, 1.165) is 35.1 Å². The van der Waals surface area contributed by atoms with E-state index in [2.05, 4.69) is 23.2 Å². The Morgan fingerprint density at radius 3 is 2.73 bits per heavy atom. The monoisotopic (exact) mass is 287 g/mol. The minimum atomic E-state index is 0.882. The van der Waals surface area contributed by atoms with Gasteiger partial charge in [-0.15, -0.1) is 0 Å². The van der Waals surface area contributed by atoms with Gasteiger partial charge in [0.05, 0.1) is 23.1 Å². The SMILES string of the molecule is C(=Nc1c2c(nc3ccccc13)CCCC2)c1ccccn1. The molecule has 3 nitrogen and oxygen atoms in total. The smallest absolute Gasteiger partial charge is 0.0812 e. The highest BCUT2D eigenvalue weighted by Gasteiger charge is 2.17. The standard InChI is InChI=1S/C19H17N3/c1-3-10-17-15(8-1)19(16-9-2-4-11-18(16)22-17)21-13-14-7-5-6-12-20-14/h1,3,5-8,10,12-13H,2,4,9,11H2. The van der Waals surface area contributed by atoms with Crippen LogP contribution in [0.15, 0.2) is 53.7 Å². The van der Waals surface area contributed by atoms with Gasteiger partial charge < -0.3 is 0 Å². The first-order valence-corrected chi connectivity index (χ1v) is 7.77. The minimum Gasteiger partial charge on any atom is -0.255 e. The number of para-hydroxylation sites is 1. The van der Waals surface area contributed by atoms with E-state index in [4.69, 9.17) is 9.98 Å². The molecule has 0 saturated heterocycles. The molecule has 0 aliphatic heterocycles. The maximum Gasteiger partial charge on any atom is 0.0812 e. The third-order valence-electron chi connectivity index (χ3n) is 4.15. The van der Waals surface area contributed by atoms with E-state index in [1.165, 1.54) is 24.1 Å². The Bertz CT molecular complexity index is 838. The zero-order valence-corrected chi connectivity index (χ0v) is 12.4. The van der Waals surface area contributed by atoms with Crippen molar-refractivity contribution in [2.75, 3.05) is 0 Å². The van der Waals surface area contributed by atoms with Gasteiger partial charge in [0.1, 0.15) is 0 Å². The van der Waals surface area contributed by atoms with Crippen LogP contribution in [0.3, 0.4) is 0 Å². The highest BCUT2D eigenvalue weighted by molar-refractivity contribution is 5.94. The van der Waals surface area contributed by atoms with Crippen molar-refractivity contribution >= 4 is 22.8 Å². The number of rotatable bonds is 2. The second kappa shape index (κ2) is 5.68. The second-order valence-electron chi connectivity index (χ2n) is 5.62. The lowest BCUT2D eigenvalue weighted by atomic mass is 9.93. The summed E-state index contributed by atoms with van der Waals surface area (Å²) in [5.74, 6) is 0. The van der Waals surface area contributed by atoms with Crippen LogP contribution < -0.4 is 0 Å². The van der Waals surface area contributed by atoms with Crippen LogP contribution in [0.1, 0.15) is 29.8 Å². The minimum absolute atomic E-state index is 0.882. The Morgan fingerprint density at radius 1 is 0.955 bits per heavy atom. The molecule has 2 heterocycles. The van der Waals surface area contributed by atoms with Gasteiger partial charge in [-0.25, -0.2) is 0 Å². The topological polar surface area (TPSA) is 38.1 Å². The molecule has 4 rings (SSSR count). The van der Waals surface area contributed by atoms with Crippen LogP contribution in [-0.4, -0.2) is 16.2 Å². The summed E-state index contributed by atoms with van der Waals surface area (Å²) in [5.41, 5.74) is 5.53. The number of aryl methyl sites for hydroxylation is 1. The lowest BCUT2D eigenvalue weighted by molar-refractivity contribution is 0.672. The van der Waals surface area contributed by atoms with Gasteiger partial charge in [-0.2, -0.15) is 0 Å². The first-order valence-electron chi connectivity index (χ1n) is 7.77. The molecule has 108 valence electrons. The summed E-state index contributed by atoms with van der Waals surface area (Å²) in [5, 5.41) is 1.13. The van der Waals surface area contributed by atoms with Crippen LogP contribution >= 0.6 is 0 Å².